The molecule has 0 saturated carbocycles. The van der Waals surface area contributed by atoms with Crippen molar-refractivity contribution in [3.8, 4) is 0 Å². The van der Waals surface area contributed by atoms with Crippen LogP contribution >= 0.6 is 11.3 Å². The second kappa shape index (κ2) is 6.51. The highest BCUT2D eigenvalue weighted by atomic mass is 32.1. The minimum absolute atomic E-state index is 0.0787. The number of halogens is 3. The summed E-state index contributed by atoms with van der Waals surface area (Å²) in [5.41, 5.74) is 1.54. The van der Waals surface area contributed by atoms with Gasteiger partial charge >= 0.3 is 6.18 Å². The summed E-state index contributed by atoms with van der Waals surface area (Å²) in [4.78, 5) is 11.5. The van der Waals surface area contributed by atoms with Crippen molar-refractivity contribution in [2.24, 2.45) is 5.92 Å². The zero-order valence-corrected chi connectivity index (χ0v) is 16.8. The molecule has 0 aromatic carbocycles. The number of thiophene rings is 1. The number of aromatic nitrogens is 6. The first-order valence-corrected chi connectivity index (χ1v) is 10.4. The lowest BCUT2D eigenvalue weighted by molar-refractivity contribution is -0.141. The summed E-state index contributed by atoms with van der Waals surface area (Å²) in [5.74, 6) is 1.13. The topological polar surface area (TPSA) is 60.9 Å². The minimum atomic E-state index is -4.47. The molecule has 10 heteroatoms. The van der Waals surface area contributed by atoms with Crippen LogP contribution in [-0.2, 0) is 25.6 Å². The van der Waals surface area contributed by atoms with Gasteiger partial charge in [-0.2, -0.15) is 18.3 Å². The van der Waals surface area contributed by atoms with E-state index in [9.17, 15) is 13.2 Å². The SMILES string of the molecule is CCC1CCc2c(sc3ncn4nc(Cn5nc(C(F)(F)F)cc5C)nc4c23)C1. The Labute approximate surface area is 168 Å². The van der Waals surface area contributed by atoms with Crippen molar-refractivity contribution in [3.05, 3.63) is 40.0 Å². The van der Waals surface area contributed by atoms with Gasteiger partial charge in [0.15, 0.2) is 17.2 Å². The molecule has 0 fully saturated rings. The van der Waals surface area contributed by atoms with Crippen LogP contribution in [0.5, 0.6) is 0 Å². The summed E-state index contributed by atoms with van der Waals surface area (Å²) in [6.45, 7) is 3.90. The predicted octanol–water partition coefficient (Wildman–Crippen LogP) is 4.43. The monoisotopic (exact) mass is 420 g/mol. The van der Waals surface area contributed by atoms with Gasteiger partial charge in [-0.3, -0.25) is 4.68 Å². The van der Waals surface area contributed by atoms with E-state index >= 15 is 0 Å². The lowest BCUT2D eigenvalue weighted by Crippen LogP contribution is -2.11. The number of alkyl halides is 3. The highest BCUT2D eigenvalue weighted by Gasteiger charge is 2.34. The zero-order valence-electron chi connectivity index (χ0n) is 16.0. The number of rotatable bonds is 3. The van der Waals surface area contributed by atoms with Crippen LogP contribution in [0.1, 0.15) is 47.4 Å². The number of hydrogen-bond donors (Lipinski definition) is 0. The summed E-state index contributed by atoms with van der Waals surface area (Å²) < 4.78 is 41.7. The van der Waals surface area contributed by atoms with E-state index in [0.29, 0.717) is 17.4 Å². The molecular weight excluding hydrogens is 401 g/mol. The van der Waals surface area contributed by atoms with E-state index in [-0.39, 0.29) is 6.54 Å². The number of aryl methyl sites for hydroxylation is 2. The first-order chi connectivity index (χ1) is 13.8. The van der Waals surface area contributed by atoms with Gasteiger partial charge in [-0.25, -0.2) is 14.5 Å². The predicted molar refractivity (Wildman–Crippen MR) is 103 cm³/mol. The number of nitrogens with zero attached hydrogens (tertiary/aromatic N) is 6. The Morgan fingerprint density at radius 1 is 1.28 bits per heavy atom. The Kier molecular flexibility index (Phi) is 4.16. The third-order valence-electron chi connectivity index (χ3n) is 5.67. The Balaban J connectivity index is 1.55. The summed E-state index contributed by atoms with van der Waals surface area (Å²) in [6, 6.07) is 1.04. The normalized spacial score (nSPS) is 17.3. The molecule has 1 aliphatic rings. The third kappa shape index (κ3) is 3.09. The number of hydrogen-bond acceptors (Lipinski definition) is 5. The van der Waals surface area contributed by atoms with Gasteiger partial charge in [-0.1, -0.05) is 13.3 Å². The van der Waals surface area contributed by atoms with Crippen LogP contribution in [0.4, 0.5) is 13.2 Å². The van der Waals surface area contributed by atoms with Crippen LogP contribution in [0.15, 0.2) is 12.4 Å². The fraction of sp³-hybridized carbons (Fsp3) is 0.474. The molecular formula is C19H19F3N6S. The smallest absolute Gasteiger partial charge is 0.262 e. The van der Waals surface area contributed by atoms with Crippen LogP contribution in [0, 0.1) is 12.8 Å². The van der Waals surface area contributed by atoms with Crippen molar-refractivity contribution in [2.75, 3.05) is 0 Å². The fourth-order valence-electron chi connectivity index (χ4n) is 4.05. The molecule has 0 radical (unpaired) electrons. The van der Waals surface area contributed by atoms with Gasteiger partial charge in [-0.05, 0) is 43.7 Å². The van der Waals surface area contributed by atoms with Gasteiger partial charge in [0.05, 0.1) is 5.39 Å². The van der Waals surface area contributed by atoms with Crippen LogP contribution in [0.3, 0.4) is 0 Å². The molecule has 1 atom stereocenters. The van der Waals surface area contributed by atoms with Crippen molar-refractivity contribution < 1.29 is 13.2 Å². The first kappa shape index (κ1) is 18.5. The van der Waals surface area contributed by atoms with Crippen LogP contribution in [0.2, 0.25) is 0 Å². The highest BCUT2D eigenvalue weighted by Crippen LogP contribution is 2.39. The van der Waals surface area contributed by atoms with Crippen molar-refractivity contribution >= 4 is 27.2 Å². The Hall–Kier alpha value is -2.49. The second-order valence-electron chi connectivity index (χ2n) is 7.57. The fourth-order valence-corrected chi connectivity index (χ4v) is 5.34. The van der Waals surface area contributed by atoms with E-state index in [4.69, 9.17) is 0 Å². The molecule has 5 rings (SSSR count). The van der Waals surface area contributed by atoms with Crippen LogP contribution < -0.4 is 0 Å². The maximum Gasteiger partial charge on any atom is 0.435 e. The largest absolute Gasteiger partial charge is 0.435 e. The standard InChI is InChI=1S/C19H19F3N6S/c1-3-11-4-5-12-13(7-11)29-18-16(12)17-24-15(26-28(17)9-23-18)8-27-10(2)6-14(25-27)19(20,21)22/h6,9,11H,3-5,7-8H2,1-2H3. The lowest BCUT2D eigenvalue weighted by Gasteiger charge is -2.20. The highest BCUT2D eigenvalue weighted by molar-refractivity contribution is 7.19. The summed E-state index contributed by atoms with van der Waals surface area (Å²) in [5, 5.41) is 9.15. The molecule has 1 unspecified atom stereocenters. The van der Waals surface area contributed by atoms with Gasteiger partial charge in [-0.15, -0.1) is 16.4 Å². The van der Waals surface area contributed by atoms with E-state index in [2.05, 4.69) is 27.1 Å². The van der Waals surface area contributed by atoms with Gasteiger partial charge in [0, 0.05) is 10.6 Å². The van der Waals surface area contributed by atoms with Crippen molar-refractivity contribution in [2.45, 2.75) is 52.3 Å². The lowest BCUT2D eigenvalue weighted by atomic mass is 9.86. The quantitative estimate of drug-likeness (QED) is 0.492. The molecule has 0 amide bonds. The average molecular weight is 420 g/mol. The average Bonchev–Trinajstić information content (AvgIpc) is 3.35. The van der Waals surface area contributed by atoms with Gasteiger partial charge < -0.3 is 0 Å². The van der Waals surface area contributed by atoms with Crippen molar-refractivity contribution in [1.82, 2.24) is 29.4 Å². The van der Waals surface area contributed by atoms with Gasteiger partial charge in [0.1, 0.15) is 17.7 Å². The van der Waals surface area contributed by atoms with E-state index < -0.39 is 11.9 Å². The summed E-state index contributed by atoms with van der Waals surface area (Å²) >= 11 is 1.72. The first-order valence-electron chi connectivity index (χ1n) is 9.59. The maximum atomic E-state index is 12.9. The van der Waals surface area contributed by atoms with Crippen molar-refractivity contribution in [1.29, 1.82) is 0 Å². The molecule has 0 spiro atoms. The molecule has 0 bridgehead atoms. The Bertz CT molecular complexity index is 1220. The molecule has 152 valence electrons. The molecule has 4 aromatic rings. The van der Waals surface area contributed by atoms with Gasteiger partial charge in [0.25, 0.3) is 0 Å². The molecule has 0 saturated heterocycles. The van der Waals surface area contributed by atoms with E-state index in [0.717, 1.165) is 41.2 Å². The van der Waals surface area contributed by atoms with E-state index in [1.54, 1.807) is 29.1 Å². The molecule has 1 aliphatic carbocycles. The molecule has 29 heavy (non-hydrogen) atoms. The molecule has 4 aromatic heterocycles. The molecule has 0 N–H and O–H groups in total. The Morgan fingerprint density at radius 2 is 2.10 bits per heavy atom. The van der Waals surface area contributed by atoms with Crippen LogP contribution in [-0.4, -0.2) is 29.4 Å². The van der Waals surface area contributed by atoms with Crippen LogP contribution in [0.25, 0.3) is 15.9 Å². The molecule has 6 nitrogen and oxygen atoms in total. The number of fused-ring (bicyclic) bond motifs is 5. The van der Waals surface area contributed by atoms with E-state index in [1.165, 1.54) is 21.5 Å². The van der Waals surface area contributed by atoms with E-state index in [1.807, 2.05) is 0 Å². The zero-order chi connectivity index (χ0) is 20.3. The minimum Gasteiger partial charge on any atom is -0.262 e. The molecule has 4 heterocycles. The Morgan fingerprint density at radius 3 is 2.83 bits per heavy atom. The van der Waals surface area contributed by atoms with Crippen molar-refractivity contribution in [3.63, 3.8) is 0 Å². The summed E-state index contributed by atoms with van der Waals surface area (Å²) in [7, 11) is 0. The molecule has 0 aliphatic heterocycles. The third-order valence-corrected chi connectivity index (χ3v) is 6.83. The second-order valence-corrected chi connectivity index (χ2v) is 8.65. The summed E-state index contributed by atoms with van der Waals surface area (Å²) in [6.07, 6.45) is 1.57. The maximum absolute atomic E-state index is 12.9. The van der Waals surface area contributed by atoms with Gasteiger partial charge in [0.2, 0.25) is 0 Å².